The van der Waals surface area contributed by atoms with Crippen LogP contribution in [0.15, 0.2) is 48.7 Å². The second-order valence-corrected chi connectivity index (χ2v) is 7.84. The fraction of sp³-hybridized carbons (Fsp3) is 0.435. The first kappa shape index (κ1) is 19.4. The van der Waals surface area contributed by atoms with Crippen molar-refractivity contribution in [3.05, 3.63) is 59.8 Å². The van der Waals surface area contributed by atoms with Gasteiger partial charge < -0.3 is 15.1 Å². The predicted molar refractivity (Wildman–Crippen MR) is 113 cm³/mol. The van der Waals surface area contributed by atoms with Gasteiger partial charge in [0, 0.05) is 44.8 Å². The fourth-order valence-corrected chi connectivity index (χ4v) is 4.19. The van der Waals surface area contributed by atoms with Crippen LogP contribution in [0.5, 0.6) is 0 Å². The van der Waals surface area contributed by atoms with E-state index in [9.17, 15) is 9.59 Å². The van der Waals surface area contributed by atoms with Crippen molar-refractivity contribution >= 4 is 17.6 Å². The average Bonchev–Trinajstić information content (AvgIpc) is 3.33. The van der Waals surface area contributed by atoms with Gasteiger partial charge >= 0.3 is 0 Å². The topological polar surface area (TPSA) is 65.5 Å². The van der Waals surface area contributed by atoms with Crippen LogP contribution < -0.4 is 10.2 Å². The zero-order chi connectivity index (χ0) is 20.1. The van der Waals surface area contributed by atoms with E-state index in [2.05, 4.69) is 15.2 Å². The van der Waals surface area contributed by atoms with Gasteiger partial charge in [0.25, 0.3) is 5.91 Å². The van der Waals surface area contributed by atoms with Crippen molar-refractivity contribution in [3.8, 4) is 0 Å². The third-order valence-corrected chi connectivity index (χ3v) is 5.89. The van der Waals surface area contributed by atoms with E-state index in [0.29, 0.717) is 38.0 Å². The summed E-state index contributed by atoms with van der Waals surface area (Å²) in [5.74, 6) is 0.885. The highest BCUT2D eigenvalue weighted by Crippen LogP contribution is 2.25. The van der Waals surface area contributed by atoms with E-state index in [-0.39, 0.29) is 17.7 Å². The van der Waals surface area contributed by atoms with Crippen LogP contribution in [0, 0.1) is 5.92 Å². The van der Waals surface area contributed by atoms with Crippen LogP contribution in [0.25, 0.3) is 0 Å². The number of piperidine rings is 1. The lowest BCUT2D eigenvalue weighted by atomic mass is 9.95. The number of hydrogen-bond acceptors (Lipinski definition) is 4. The first-order chi connectivity index (χ1) is 14.2. The Morgan fingerprint density at radius 2 is 1.69 bits per heavy atom. The van der Waals surface area contributed by atoms with Crippen LogP contribution >= 0.6 is 0 Å². The maximum atomic E-state index is 13.1. The summed E-state index contributed by atoms with van der Waals surface area (Å²) < 4.78 is 0. The van der Waals surface area contributed by atoms with Gasteiger partial charge in [-0.2, -0.15) is 0 Å². The summed E-state index contributed by atoms with van der Waals surface area (Å²) in [6.45, 7) is 3.68. The summed E-state index contributed by atoms with van der Waals surface area (Å²) in [6.07, 6.45) is 5.45. The average molecular weight is 393 g/mol. The van der Waals surface area contributed by atoms with Crippen molar-refractivity contribution < 1.29 is 9.59 Å². The van der Waals surface area contributed by atoms with Gasteiger partial charge in [-0.05, 0) is 43.4 Å². The molecule has 0 unspecified atom stereocenters. The number of pyridine rings is 1. The second kappa shape index (κ2) is 9.07. The van der Waals surface area contributed by atoms with Crippen molar-refractivity contribution in [1.82, 2.24) is 15.2 Å². The molecule has 6 nitrogen and oxygen atoms in total. The summed E-state index contributed by atoms with van der Waals surface area (Å²) in [5.41, 5.74) is 1.78. The van der Waals surface area contributed by atoms with Crippen LogP contribution in [-0.4, -0.2) is 47.9 Å². The van der Waals surface area contributed by atoms with E-state index < -0.39 is 0 Å². The number of anilines is 1. The number of likely N-dealkylation sites (tertiary alicyclic amines) is 1. The van der Waals surface area contributed by atoms with E-state index >= 15 is 0 Å². The number of aromatic nitrogens is 1. The molecule has 0 radical (unpaired) electrons. The van der Waals surface area contributed by atoms with Crippen LogP contribution in [-0.2, 0) is 11.3 Å². The molecular weight excluding hydrogens is 364 g/mol. The number of benzene rings is 1. The Balaban J connectivity index is 1.32. The van der Waals surface area contributed by atoms with Crippen molar-refractivity contribution in [3.63, 3.8) is 0 Å². The highest BCUT2D eigenvalue weighted by atomic mass is 16.2. The molecule has 2 fully saturated rings. The molecule has 3 heterocycles. The minimum atomic E-state index is -0.0327. The smallest absolute Gasteiger partial charge is 0.257 e. The normalized spacial score (nSPS) is 17.4. The summed E-state index contributed by atoms with van der Waals surface area (Å²) in [5, 5.41) is 3.03. The van der Waals surface area contributed by atoms with Gasteiger partial charge in [-0.25, -0.2) is 4.98 Å². The minimum Gasteiger partial charge on any atom is -0.356 e. The molecule has 2 aliphatic heterocycles. The van der Waals surface area contributed by atoms with E-state index in [4.69, 9.17) is 0 Å². The molecule has 0 atom stereocenters. The molecule has 2 aromatic rings. The quantitative estimate of drug-likeness (QED) is 0.850. The molecule has 4 rings (SSSR count). The highest BCUT2D eigenvalue weighted by Gasteiger charge is 2.30. The lowest BCUT2D eigenvalue weighted by molar-refractivity contribution is -0.126. The molecule has 0 spiro atoms. The molecule has 1 aromatic heterocycles. The van der Waals surface area contributed by atoms with Crippen LogP contribution in [0.4, 0.5) is 5.82 Å². The Bertz CT molecular complexity index is 841. The predicted octanol–water partition coefficient (Wildman–Crippen LogP) is 2.85. The number of nitrogens with zero attached hydrogens (tertiary/aromatic N) is 3. The molecule has 0 saturated carbocycles. The lowest BCUT2D eigenvalue weighted by Crippen LogP contribution is -2.43. The Morgan fingerprint density at radius 3 is 2.41 bits per heavy atom. The SMILES string of the molecule is O=C(NCc1ccccc1)C1CCN(C(=O)c2cccnc2N2CCCC2)CC1. The van der Waals surface area contributed by atoms with E-state index in [1.807, 2.05) is 47.4 Å². The second-order valence-electron chi connectivity index (χ2n) is 7.84. The Morgan fingerprint density at radius 1 is 0.966 bits per heavy atom. The molecule has 29 heavy (non-hydrogen) atoms. The zero-order valence-corrected chi connectivity index (χ0v) is 16.7. The molecule has 152 valence electrons. The Hall–Kier alpha value is -2.89. The van der Waals surface area contributed by atoms with Gasteiger partial charge in [-0.15, -0.1) is 0 Å². The third-order valence-electron chi connectivity index (χ3n) is 5.89. The first-order valence-electron chi connectivity index (χ1n) is 10.5. The molecule has 6 heteroatoms. The molecule has 2 amide bonds. The van der Waals surface area contributed by atoms with E-state index in [1.165, 1.54) is 0 Å². The monoisotopic (exact) mass is 392 g/mol. The van der Waals surface area contributed by atoms with E-state index in [1.54, 1.807) is 6.20 Å². The van der Waals surface area contributed by atoms with Crippen LogP contribution in [0.2, 0.25) is 0 Å². The molecule has 1 aromatic carbocycles. The summed E-state index contributed by atoms with van der Waals surface area (Å²) in [6, 6.07) is 13.6. The highest BCUT2D eigenvalue weighted by molar-refractivity contribution is 5.99. The number of amides is 2. The van der Waals surface area contributed by atoms with Gasteiger partial charge in [0.15, 0.2) is 0 Å². The Kier molecular flexibility index (Phi) is 6.08. The molecule has 0 aliphatic carbocycles. The maximum Gasteiger partial charge on any atom is 0.257 e. The number of carbonyl (C=O) groups is 2. The number of nitrogens with one attached hydrogen (secondary N) is 1. The van der Waals surface area contributed by atoms with Gasteiger partial charge in [-0.1, -0.05) is 30.3 Å². The zero-order valence-electron chi connectivity index (χ0n) is 16.7. The molecular formula is C23H28N4O2. The van der Waals surface area contributed by atoms with Crippen molar-refractivity contribution in [2.24, 2.45) is 5.92 Å². The maximum absolute atomic E-state index is 13.1. The lowest BCUT2D eigenvalue weighted by Gasteiger charge is -2.32. The number of rotatable bonds is 5. The molecule has 0 bridgehead atoms. The fourth-order valence-electron chi connectivity index (χ4n) is 4.19. The van der Waals surface area contributed by atoms with Crippen LogP contribution in [0.3, 0.4) is 0 Å². The van der Waals surface area contributed by atoms with Gasteiger partial charge in [0.2, 0.25) is 5.91 Å². The minimum absolute atomic E-state index is 0.0307. The van der Waals surface area contributed by atoms with Crippen molar-refractivity contribution in [2.45, 2.75) is 32.2 Å². The summed E-state index contributed by atoms with van der Waals surface area (Å²) in [4.78, 5) is 34.2. The standard InChI is InChI=1S/C23H28N4O2/c28-22(25-17-18-7-2-1-3-8-18)19-10-15-27(16-11-19)23(29)20-9-6-12-24-21(20)26-13-4-5-14-26/h1-3,6-9,12,19H,4-5,10-11,13-17H2,(H,25,28). The summed E-state index contributed by atoms with van der Waals surface area (Å²) in [7, 11) is 0. The van der Waals surface area contributed by atoms with Crippen LogP contribution in [0.1, 0.15) is 41.6 Å². The van der Waals surface area contributed by atoms with Crippen molar-refractivity contribution in [1.29, 1.82) is 0 Å². The third kappa shape index (κ3) is 4.58. The molecule has 2 saturated heterocycles. The Labute approximate surface area is 171 Å². The van der Waals surface area contributed by atoms with Gasteiger partial charge in [0.1, 0.15) is 5.82 Å². The molecule has 1 N–H and O–H groups in total. The number of carbonyl (C=O) groups excluding carboxylic acids is 2. The largest absolute Gasteiger partial charge is 0.356 e. The van der Waals surface area contributed by atoms with E-state index in [0.717, 1.165) is 37.3 Å². The molecule has 2 aliphatic rings. The van der Waals surface area contributed by atoms with Gasteiger partial charge in [-0.3, -0.25) is 9.59 Å². The van der Waals surface area contributed by atoms with Crippen molar-refractivity contribution in [2.75, 3.05) is 31.1 Å². The summed E-state index contributed by atoms with van der Waals surface area (Å²) >= 11 is 0. The number of hydrogen-bond donors (Lipinski definition) is 1. The van der Waals surface area contributed by atoms with Gasteiger partial charge in [0.05, 0.1) is 5.56 Å². The first-order valence-corrected chi connectivity index (χ1v) is 10.5.